The van der Waals surface area contributed by atoms with Crippen LogP contribution in [0.15, 0.2) is 60.7 Å². The van der Waals surface area contributed by atoms with Gasteiger partial charge in [-0.1, -0.05) is 67.1 Å². The van der Waals surface area contributed by atoms with Crippen molar-refractivity contribution < 1.29 is 19.1 Å². The zero-order valence-electron chi connectivity index (χ0n) is 20.4. The van der Waals surface area contributed by atoms with Crippen molar-refractivity contribution in [2.45, 2.75) is 64.8 Å². The van der Waals surface area contributed by atoms with Crippen molar-refractivity contribution in [2.24, 2.45) is 0 Å². The van der Waals surface area contributed by atoms with Crippen LogP contribution in [0.5, 0.6) is 0 Å². The summed E-state index contributed by atoms with van der Waals surface area (Å²) >= 11 is 0. The Bertz CT molecular complexity index is 1010. The molecule has 2 aromatic rings. The number of benzene rings is 2. The second kappa shape index (κ2) is 11.9. The summed E-state index contributed by atoms with van der Waals surface area (Å²) in [6, 6.07) is 18.1. The van der Waals surface area contributed by atoms with Crippen LogP contribution in [-0.4, -0.2) is 40.5 Å². The fourth-order valence-corrected chi connectivity index (χ4v) is 3.35. The Morgan fingerprint density at radius 2 is 1.53 bits per heavy atom. The predicted molar refractivity (Wildman–Crippen MR) is 131 cm³/mol. The maximum Gasteiger partial charge on any atom is 0.408 e. The van der Waals surface area contributed by atoms with Gasteiger partial charge in [0, 0.05) is 18.5 Å². The molecule has 0 spiro atoms. The Hall–Kier alpha value is -3.79. The molecule has 0 aliphatic carbocycles. The molecule has 2 rings (SSSR count). The summed E-state index contributed by atoms with van der Waals surface area (Å²) in [5.41, 5.74) is 0.624. The fourth-order valence-electron chi connectivity index (χ4n) is 3.35. The van der Waals surface area contributed by atoms with Crippen molar-refractivity contribution in [1.82, 2.24) is 15.5 Å². The van der Waals surface area contributed by atoms with Crippen LogP contribution in [0.4, 0.5) is 4.79 Å². The second-order valence-electron chi connectivity index (χ2n) is 9.20. The smallest absolute Gasteiger partial charge is 0.408 e. The molecular weight excluding hydrogens is 430 g/mol. The van der Waals surface area contributed by atoms with E-state index in [-0.39, 0.29) is 12.5 Å². The highest BCUT2D eigenvalue weighted by molar-refractivity contribution is 5.93. The monoisotopic (exact) mass is 463 g/mol. The first-order valence-corrected chi connectivity index (χ1v) is 11.2. The number of hydrogen-bond donors (Lipinski definition) is 2. The number of hydrogen-bond acceptors (Lipinski definition) is 4. The van der Waals surface area contributed by atoms with Gasteiger partial charge in [-0.05, 0) is 45.7 Å². The van der Waals surface area contributed by atoms with Gasteiger partial charge in [-0.3, -0.25) is 14.5 Å². The molecule has 2 N–H and O–H groups in total. The number of ether oxygens (including phenoxy) is 1. The lowest BCUT2D eigenvalue weighted by Crippen LogP contribution is -2.52. The van der Waals surface area contributed by atoms with Crippen LogP contribution in [0, 0.1) is 12.5 Å². The first kappa shape index (κ1) is 26.5. The lowest BCUT2D eigenvalue weighted by molar-refractivity contribution is -0.138. The zero-order valence-corrected chi connectivity index (χ0v) is 20.4. The number of nitrogens with one attached hydrogen (secondary N) is 2. The molecular formula is C27H33N3O4. The van der Waals surface area contributed by atoms with E-state index in [0.717, 1.165) is 10.5 Å². The lowest BCUT2D eigenvalue weighted by atomic mass is 10.0. The highest BCUT2D eigenvalue weighted by Gasteiger charge is 2.36. The molecule has 0 fully saturated rings. The molecule has 2 atom stereocenters. The number of amides is 3. The molecule has 0 bridgehead atoms. The fraction of sp³-hybridized carbons (Fsp3) is 0.370. The Kier molecular flexibility index (Phi) is 9.26. The SMILES string of the molecule is C#CN(C(=O)C(Cc1ccccc1)NC(=O)OC(C)(C)C)C(C(=O)NC(C)C)c1ccccc1. The molecule has 7 heteroatoms. The lowest BCUT2D eigenvalue weighted by Gasteiger charge is -2.31. The normalized spacial score (nSPS) is 12.7. The second-order valence-corrected chi connectivity index (χ2v) is 9.20. The molecule has 0 aromatic heterocycles. The topological polar surface area (TPSA) is 87.7 Å². The third-order valence-corrected chi connectivity index (χ3v) is 4.70. The average Bonchev–Trinajstić information content (AvgIpc) is 2.76. The molecule has 0 aliphatic heterocycles. The third kappa shape index (κ3) is 7.96. The molecule has 0 saturated carbocycles. The maximum atomic E-state index is 13.7. The van der Waals surface area contributed by atoms with E-state index in [1.165, 1.54) is 0 Å². The number of carbonyl (C=O) groups is 3. The van der Waals surface area contributed by atoms with Gasteiger partial charge in [0.25, 0.3) is 5.91 Å². The van der Waals surface area contributed by atoms with E-state index in [1.54, 1.807) is 45.0 Å². The molecule has 2 unspecified atom stereocenters. The standard InChI is InChI=1S/C27H33N3O4/c1-7-30(23(24(31)28-19(2)3)21-16-12-9-13-17-21)25(32)22(18-20-14-10-8-11-15-20)29-26(33)34-27(4,5)6/h1,8-17,19,22-23H,18H2,2-6H3,(H,28,31)(H,29,33). The Morgan fingerprint density at radius 1 is 0.971 bits per heavy atom. The van der Waals surface area contributed by atoms with Crippen LogP contribution in [0.25, 0.3) is 0 Å². The van der Waals surface area contributed by atoms with Crippen molar-refractivity contribution in [3.63, 3.8) is 0 Å². The van der Waals surface area contributed by atoms with E-state index in [1.807, 2.05) is 50.2 Å². The van der Waals surface area contributed by atoms with E-state index in [0.29, 0.717) is 5.56 Å². The molecule has 7 nitrogen and oxygen atoms in total. The highest BCUT2D eigenvalue weighted by Crippen LogP contribution is 2.23. The molecule has 0 radical (unpaired) electrons. The van der Waals surface area contributed by atoms with Gasteiger partial charge in [0.15, 0.2) is 0 Å². The van der Waals surface area contributed by atoms with Gasteiger partial charge in [0.05, 0.1) is 0 Å². The summed E-state index contributed by atoms with van der Waals surface area (Å²) < 4.78 is 5.36. The van der Waals surface area contributed by atoms with Crippen molar-refractivity contribution >= 4 is 17.9 Å². The number of carbonyl (C=O) groups excluding carboxylic acids is 3. The zero-order chi connectivity index (χ0) is 25.3. The van der Waals surface area contributed by atoms with Crippen molar-refractivity contribution in [1.29, 1.82) is 0 Å². The Morgan fingerprint density at radius 3 is 2.03 bits per heavy atom. The van der Waals surface area contributed by atoms with Crippen LogP contribution in [-0.2, 0) is 20.7 Å². The number of terminal acetylenes is 1. The van der Waals surface area contributed by atoms with Crippen molar-refractivity contribution in [2.75, 3.05) is 0 Å². The van der Waals surface area contributed by atoms with E-state index in [9.17, 15) is 14.4 Å². The van der Waals surface area contributed by atoms with Crippen LogP contribution < -0.4 is 10.6 Å². The van der Waals surface area contributed by atoms with E-state index < -0.39 is 35.6 Å². The van der Waals surface area contributed by atoms with Gasteiger partial charge in [-0.2, -0.15) is 0 Å². The van der Waals surface area contributed by atoms with Crippen LogP contribution in [0.1, 0.15) is 51.8 Å². The van der Waals surface area contributed by atoms with Crippen molar-refractivity contribution in [3.8, 4) is 12.5 Å². The molecule has 0 saturated heterocycles. The van der Waals surface area contributed by atoms with Crippen LogP contribution in [0.3, 0.4) is 0 Å². The Labute approximate surface area is 201 Å². The summed E-state index contributed by atoms with van der Waals surface area (Å²) in [5.74, 6) is -1.01. The largest absolute Gasteiger partial charge is 0.444 e. The molecule has 0 aliphatic rings. The van der Waals surface area contributed by atoms with Crippen molar-refractivity contribution in [3.05, 3.63) is 71.8 Å². The summed E-state index contributed by atoms with van der Waals surface area (Å²) in [4.78, 5) is 40.5. The van der Waals surface area contributed by atoms with Crippen LogP contribution >= 0.6 is 0 Å². The minimum absolute atomic E-state index is 0.159. The number of alkyl carbamates (subject to hydrolysis) is 1. The van der Waals surface area contributed by atoms with Gasteiger partial charge < -0.3 is 15.4 Å². The van der Waals surface area contributed by atoms with E-state index >= 15 is 0 Å². The summed E-state index contributed by atoms with van der Waals surface area (Å²) in [6.45, 7) is 8.84. The third-order valence-electron chi connectivity index (χ3n) is 4.70. The van der Waals surface area contributed by atoms with Gasteiger partial charge in [-0.15, -0.1) is 0 Å². The predicted octanol–water partition coefficient (Wildman–Crippen LogP) is 3.81. The molecule has 0 heterocycles. The highest BCUT2D eigenvalue weighted by atomic mass is 16.6. The first-order chi connectivity index (χ1) is 16.0. The average molecular weight is 464 g/mol. The number of rotatable bonds is 8. The van der Waals surface area contributed by atoms with Gasteiger partial charge in [0.1, 0.15) is 17.7 Å². The molecule has 2 aromatic carbocycles. The van der Waals surface area contributed by atoms with Crippen LogP contribution in [0.2, 0.25) is 0 Å². The maximum absolute atomic E-state index is 13.7. The molecule has 3 amide bonds. The summed E-state index contributed by atoms with van der Waals surface area (Å²) in [7, 11) is 0. The molecule has 180 valence electrons. The van der Waals surface area contributed by atoms with E-state index in [2.05, 4.69) is 16.7 Å². The molecule has 34 heavy (non-hydrogen) atoms. The first-order valence-electron chi connectivity index (χ1n) is 11.2. The minimum atomic E-state index is -1.07. The van der Waals surface area contributed by atoms with Gasteiger partial charge in [0.2, 0.25) is 5.91 Å². The quantitative estimate of drug-likeness (QED) is 0.460. The van der Waals surface area contributed by atoms with E-state index in [4.69, 9.17) is 11.2 Å². The summed E-state index contributed by atoms with van der Waals surface area (Å²) in [6.07, 6.45) is 5.20. The minimum Gasteiger partial charge on any atom is -0.444 e. The van der Waals surface area contributed by atoms with Gasteiger partial charge >= 0.3 is 6.09 Å². The van der Waals surface area contributed by atoms with Gasteiger partial charge in [-0.25, -0.2) is 4.79 Å². The Balaban J connectivity index is 2.43. The summed E-state index contributed by atoms with van der Waals surface area (Å²) in [5, 5.41) is 5.47. The number of nitrogens with zero attached hydrogens (tertiary/aromatic N) is 1.